The van der Waals surface area contributed by atoms with Crippen LogP contribution in [0.15, 0.2) is 6.20 Å². The summed E-state index contributed by atoms with van der Waals surface area (Å²) in [7, 11) is 0. The van der Waals surface area contributed by atoms with Crippen molar-refractivity contribution in [3.05, 3.63) is 11.3 Å². The van der Waals surface area contributed by atoms with Gasteiger partial charge in [0.1, 0.15) is 0 Å². The van der Waals surface area contributed by atoms with Crippen LogP contribution in [0, 0.1) is 0 Å². The maximum atomic E-state index is 11.8. The van der Waals surface area contributed by atoms with Gasteiger partial charge in [-0.3, -0.25) is 0 Å². The summed E-state index contributed by atoms with van der Waals surface area (Å²) in [6, 6.07) is 0. The number of nitrogens with zero attached hydrogens (tertiary/aromatic N) is 2. The molecule has 0 radical (unpaired) electrons. The lowest BCUT2D eigenvalue weighted by Crippen LogP contribution is -2.16. The van der Waals surface area contributed by atoms with Crippen LogP contribution in [0.1, 0.15) is 0 Å². The third kappa shape index (κ3) is 1.56. The SMILES string of the molecule is Nc1cn(C(F)(F)F)nc1Cl. The summed E-state index contributed by atoms with van der Waals surface area (Å²) in [5.41, 5.74) is 4.83. The first-order valence-corrected chi connectivity index (χ1v) is 2.87. The molecule has 1 rings (SSSR count). The number of nitrogens with two attached hydrogens (primary N) is 1. The molecule has 0 unspecified atom stereocenters. The van der Waals surface area contributed by atoms with Gasteiger partial charge in [-0.15, -0.1) is 13.2 Å². The summed E-state index contributed by atoms with van der Waals surface area (Å²) in [5.74, 6) is 0. The zero-order valence-corrected chi connectivity index (χ0v) is 5.82. The van der Waals surface area contributed by atoms with Crippen molar-refractivity contribution in [2.75, 3.05) is 5.73 Å². The molecule has 7 heteroatoms. The molecule has 0 saturated carbocycles. The standard InChI is InChI=1S/C4H3ClF3N3/c5-3-2(9)1-11(10-3)4(6,7)8/h1H,9H2. The summed E-state index contributed by atoms with van der Waals surface area (Å²) in [4.78, 5) is 0. The minimum Gasteiger partial charge on any atom is -0.395 e. The molecule has 0 fully saturated rings. The van der Waals surface area contributed by atoms with Crippen LogP contribution in [-0.4, -0.2) is 9.78 Å². The number of hydrogen-bond acceptors (Lipinski definition) is 2. The molecule has 3 nitrogen and oxygen atoms in total. The van der Waals surface area contributed by atoms with E-state index in [2.05, 4.69) is 5.10 Å². The molecule has 2 N–H and O–H groups in total. The molecule has 0 aliphatic heterocycles. The van der Waals surface area contributed by atoms with Gasteiger partial charge in [0.05, 0.1) is 11.9 Å². The topological polar surface area (TPSA) is 43.8 Å². The summed E-state index contributed by atoms with van der Waals surface area (Å²) in [6.45, 7) is 0. The van der Waals surface area contributed by atoms with E-state index in [4.69, 9.17) is 17.3 Å². The van der Waals surface area contributed by atoms with Gasteiger partial charge in [-0.2, -0.15) is 9.78 Å². The Balaban J connectivity index is 3.08. The van der Waals surface area contributed by atoms with E-state index in [0.29, 0.717) is 6.20 Å². The third-order valence-electron chi connectivity index (χ3n) is 0.955. The van der Waals surface area contributed by atoms with Crippen molar-refractivity contribution in [3.8, 4) is 0 Å². The second-order valence-corrected chi connectivity index (χ2v) is 2.15. The lowest BCUT2D eigenvalue weighted by Gasteiger charge is -2.03. The van der Waals surface area contributed by atoms with Crippen LogP contribution in [0.3, 0.4) is 0 Å². The zero-order valence-electron chi connectivity index (χ0n) is 5.06. The van der Waals surface area contributed by atoms with Crippen LogP contribution in [0.2, 0.25) is 5.15 Å². The van der Waals surface area contributed by atoms with E-state index in [-0.39, 0.29) is 15.5 Å². The average Bonchev–Trinajstić information content (AvgIpc) is 2.11. The molecule has 0 aromatic carbocycles. The molecule has 1 aromatic heterocycles. The molecule has 0 spiro atoms. The summed E-state index contributed by atoms with van der Waals surface area (Å²) in [6.07, 6.45) is -3.94. The minimum atomic E-state index is -4.55. The molecule has 0 amide bonds. The Kier molecular flexibility index (Phi) is 1.71. The van der Waals surface area contributed by atoms with E-state index in [1.54, 1.807) is 0 Å². The summed E-state index contributed by atoms with van der Waals surface area (Å²) < 4.78 is 35.1. The van der Waals surface area contributed by atoms with Crippen molar-refractivity contribution >= 4 is 17.3 Å². The molecular weight excluding hydrogens is 183 g/mol. The van der Waals surface area contributed by atoms with Crippen LogP contribution in [0.25, 0.3) is 0 Å². The number of aromatic nitrogens is 2. The molecule has 0 saturated heterocycles. The highest BCUT2D eigenvalue weighted by Gasteiger charge is 2.32. The van der Waals surface area contributed by atoms with Crippen molar-refractivity contribution in [1.82, 2.24) is 9.78 Å². The molecule has 0 aliphatic rings. The normalized spacial score (nSPS) is 12.0. The molecule has 1 heterocycles. The Hall–Kier alpha value is -0.910. The quantitative estimate of drug-likeness (QED) is 0.667. The summed E-state index contributed by atoms with van der Waals surface area (Å²) in [5, 5.41) is 2.57. The maximum Gasteiger partial charge on any atom is 0.504 e. The fourth-order valence-corrected chi connectivity index (χ4v) is 0.626. The lowest BCUT2D eigenvalue weighted by atomic mass is 10.6. The van der Waals surface area contributed by atoms with Gasteiger partial charge in [0.15, 0.2) is 5.15 Å². The second kappa shape index (κ2) is 2.30. The molecule has 0 aliphatic carbocycles. The van der Waals surface area contributed by atoms with Crippen molar-refractivity contribution in [2.45, 2.75) is 6.30 Å². The van der Waals surface area contributed by atoms with Crippen LogP contribution < -0.4 is 5.73 Å². The third-order valence-corrected chi connectivity index (χ3v) is 1.25. The fraction of sp³-hybridized carbons (Fsp3) is 0.250. The Morgan fingerprint density at radius 1 is 1.55 bits per heavy atom. The van der Waals surface area contributed by atoms with Crippen LogP contribution in [0.5, 0.6) is 0 Å². The fourth-order valence-electron chi connectivity index (χ4n) is 0.496. The number of alkyl halides is 3. The smallest absolute Gasteiger partial charge is 0.395 e. The van der Waals surface area contributed by atoms with Gasteiger partial charge in [0, 0.05) is 0 Å². The molecule has 62 valence electrons. The van der Waals surface area contributed by atoms with E-state index < -0.39 is 6.30 Å². The van der Waals surface area contributed by atoms with Crippen molar-refractivity contribution < 1.29 is 13.2 Å². The first-order chi connectivity index (χ1) is 4.91. The van der Waals surface area contributed by atoms with Gasteiger partial charge in [0.2, 0.25) is 0 Å². The first kappa shape index (κ1) is 8.19. The van der Waals surface area contributed by atoms with Gasteiger partial charge in [-0.1, -0.05) is 11.6 Å². The molecular formula is C4H3ClF3N3. The highest BCUT2D eigenvalue weighted by atomic mass is 35.5. The highest BCUT2D eigenvalue weighted by Crippen LogP contribution is 2.25. The Morgan fingerprint density at radius 2 is 2.09 bits per heavy atom. The van der Waals surface area contributed by atoms with Crippen molar-refractivity contribution in [2.24, 2.45) is 0 Å². The van der Waals surface area contributed by atoms with E-state index >= 15 is 0 Å². The minimum absolute atomic E-state index is 0.191. The van der Waals surface area contributed by atoms with E-state index in [1.807, 2.05) is 0 Å². The van der Waals surface area contributed by atoms with Crippen LogP contribution >= 0.6 is 11.6 Å². The van der Waals surface area contributed by atoms with Crippen molar-refractivity contribution in [3.63, 3.8) is 0 Å². The van der Waals surface area contributed by atoms with E-state index in [1.165, 1.54) is 0 Å². The summed E-state index contributed by atoms with van der Waals surface area (Å²) >= 11 is 5.18. The van der Waals surface area contributed by atoms with Crippen LogP contribution in [0.4, 0.5) is 18.9 Å². The molecule has 11 heavy (non-hydrogen) atoms. The number of rotatable bonds is 0. The average molecular weight is 186 g/mol. The van der Waals surface area contributed by atoms with Crippen molar-refractivity contribution in [1.29, 1.82) is 0 Å². The van der Waals surface area contributed by atoms with Crippen LogP contribution in [-0.2, 0) is 6.30 Å². The second-order valence-electron chi connectivity index (χ2n) is 1.79. The Morgan fingerprint density at radius 3 is 2.27 bits per heavy atom. The first-order valence-electron chi connectivity index (χ1n) is 2.49. The van der Waals surface area contributed by atoms with Gasteiger partial charge in [-0.05, 0) is 0 Å². The largest absolute Gasteiger partial charge is 0.504 e. The van der Waals surface area contributed by atoms with E-state index in [9.17, 15) is 13.2 Å². The molecule has 0 bridgehead atoms. The van der Waals surface area contributed by atoms with Gasteiger partial charge >= 0.3 is 6.30 Å². The number of hydrogen-bond donors (Lipinski definition) is 1. The predicted octanol–water partition coefficient (Wildman–Crippen LogP) is 1.59. The number of anilines is 1. The maximum absolute atomic E-state index is 11.8. The lowest BCUT2D eigenvalue weighted by molar-refractivity contribution is -0.212. The highest BCUT2D eigenvalue weighted by molar-refractivity contribution is 6.31. The number of nitrogen functional groups attached to an aromatic ring is 1. The number of halogens is 4. The molecule has 1 aromatic rings. The molecule has 0 atom stereocenters. The Bertz CT molecular complexity index is 247. The zero-order chi connectivity index (χ0) is 8.65. The van der Waals surface area contributed by atoms with Gasteiger partial charge in [0.25, 0.3) is 0 Å². The van der Waals surface area contributed by atoms with Gasteiger partial charge < -0.3 is 5.73 Å². The van der Waals surface area contributed by atoms with E-state index in [0.717, 1.165) is 0 Å². The Labute approximate surface area is 64.5 Å². The van der Waals surface area contributed by atoms with Gasteiger partial charge in [-0.25, -0.2) is 0 Å². The monoisotopic (exact) mass is 185 g/mol. The predicted molar refractivity (Wildman–Crippen MR) is 32.9 cm³/mol.